The van der Waals surface area contributed by atoms with E-state index < -0.39 is 16.4 Å². The van der Waals surface area contributed by atoms with Crippen LogP contribution in [0.1, 0.15) is 45.1 Å². The number of nitrogens with one attached hydrogen (secondary N) is 1. The molecular weight excluding hydrogens is 374 g/mol. The summed E-state index contributed by atoms with van der Waals surface area (Å²) >= 11 is 5.33. The summed E-state index contributed by atoms with van der Waals surface area (Å²) < 4.78 is 30.5. The Morgan fingerprint density at radius 1 is 1.35 bits per heavy atom. The number of hydrogen-bond acceptors (Lipinski definition) is 6. The number of carbonyl (C=O) groups excluding carboxylic acids is 1. The first kappa shape index (κ1) is 22.0. The maximum absolute atomic E-state index is 13.1. The molecule has 0 aromatic heterocycles. The zero-order valence-electron chi connectivity index (χ0n) is 15.6. The summed E-state index contributed by atoms with van der Waals surface area (Å²) in [5.74, 6) is -0.362. The largest absolute Gasteiger partial charge is 0.494 e. The van der Waals surface area contributed by atoms with Gasteiger partial charge in [0.15, 0.2) is 5.11 Å². The molecular formula is C17H25N3O4S2. The number of thiocarbonyl (C=S) groups is 1. The second kappa shape index (κ2) is 10.2. The Bertz CT molecular complexity index is 781. The van der Waals surface area contributed by atoms with Crippen LogP contribution >= 0.6 is 12.2 Å². The minimum absolute atomic E-state index is 0.0125. The highest BCUT2D eigenvalue weighted by Crippen LogP contribution is 2.32. The average Bonchev–Trinajstić information content (AvgIpc) is 2.63. The lowest BCUT2D eigenvalue weighted by Crippen LogP contribution is -2.49. The maximum atomic E-state index is 13.1. The second-order valence-electron chi connectivity index (χ2n) is 5.70. The van der Waals surface area contributed by atoms with Crippen LogP contribution in [0.15, 0.2) is 22.6 Å². The quantitative estimate of drug-likeness (QED) is 0.709. The normalized spacial score (nSPS) is 11.6. The predicted molar refractivity (Wildman–Crippen MR) is 105 cm³/mol. The van der Waals surface area contributed by atoms with Gasteiger partial charge in [0.1, 0.15) is 11.4 Å². The third kappa shape index (κ3) is 5.25. The van der Waals surface area contributed by atoms with Crippen molar-refractivity contribution in [1.29, 1.82) is 0 Å². The van der Waals surface area contributed by atoms with Crippen molar-refractivity contribution in [2.75, 3.05) is 14.2 Å². The van der Waals surface area contributed by atoms with Gasteiger partial charge in [0.2, 0.25) is 5.91 Å². The van der Waals surface area contributed by atoms with E-state index in [9.17, 15) is 13.2 Å². The van der Waals surface area contributed by atoms with Crippen LogP contribution in [-0.2, 0) is 15.3 Å². The Morgan fingerprint density at radius 2 is 1.96 bits per heavy atom. The number of benzene rings is 1. The van der Waals surface area contributed by atoms with Crippen LogP contribution in [0.25, 0.3) is 0 Å². The van der Waals surface area contributed by atoms with E-state index >= 15 is 0 Å². The van der Waals surface area contributed by atoms with E-state index in [1.165, 1.54) is 7.11 Å². The molecule has 0 aliphatic carbocycles. The number of methoxy groups -OCH3 is 1. The molecule has 0 aliphatic rings. The molecule has 1 atom stereocenters. The van der Waals surface area contributed by atoms with Crippen molar-refractivity contribution in [3.05, 3.63) is 23.8 Å². The van der Waals surface area contributed by atoms with Gasteiger partial charge in [0.05, 0.1) is 13.0 Å². The van der Waals surface area contributed by atoms with Crippen molar-refractivity contribution < 1.29 is 17.9 Å². The van der Waals surface area contributed by atoms with Gasteiger partial charge < -0.3 is 10.1 Å². The number of amides is 1. The van der Waals surface area contributed by atoms with Gasteiger partial charge in [-0.2, -0.15) is 8.42 Å². The highest BCUT2D eigenvalue weighted by molar-refractivity contribution is 7.80. The third-order valence-corrected chi connectivity index (χ3v) is 4.97. The minimum Gasteiger partial charge on any atom is -0.494 e. The van der Waals surface area contributed by atoms with Crippen LogP contribution in [0.2, 0.25) is 0 Å². The van der Waals surface area contributed by atoms with E-state index in [0.717, 1.165) is 12.8 Å². The number of hydrogen-bond donors (Lipinski definition) is 1. The van der Waals surface area contributed by atoms with Gasteiger partial charge in [-0.05, 0) is 49.7 Å². The van der Waals surface area contributed by atoms with E-state index in [4.69, 9.17) is 17.0 Å². The van der Waals surface area contributed by atoms with Crippen molar-refractivity contribution in [1.82, 2.24) is 10.2 Å². The zero-order chi connectivity index (χ0) is 19.9. The summed E-state index contributed by atoms with van der Waals surface area (Å²) in [6.45, 7) is 5.77. The Balaban J connectivity index is 3.31. The van der Waals surface area contributed by atoms with Crippen LogP contribution in [0.4, 0.5) is 5.69 Å². The standard InChI is InChI=1S/C17H25N3O4S2/c1-6-13(7-2)20(17(25)18-4)16(21)11(3)12-8-9-15(24-5)14(10-12)19-26(22)23/h8-11,13H,6-7H2,1-5H3,(H,18,25). The minimum atomic E-state index is -2.62. The van der Waals surface area contributed by atoms with Gasteiger partial charge in [-0.15, -0.1) is 4.36 Å². The van der Waals surface area contributed by atoms with Gasteiger partial charge >= 0.3 is 10.5 Å². The molecule has 0 radical (unpaired) electrons. The molecule has 1 rings (SSSR count). The monoisotopic (exact) mass is 399 g/mol. The molecule has 0 bridgehead atoms. The third-order valence-electron chi connectivity index (χ3n) is 4.22. The van der Waals surface area contributed by atoms with Gasteiger partial charge in [-0.25, -0.2) is 0 Å². The van der Waals surface area contributed by atoms with E-state index in [-0.39, 0.29) is 17.6 Å². The summed E-state index contributed by atoms with van der Waals surface area (Å²) in [5.41, 5.74) is 0.790. The smallest absolute Gasteiger partial charge is 0.316 e. The molecule has 1 aromatic carbocycles. The summed E-state index contributed by atoms with van der Waals surface area (Å²) in [4.78, 5) is 14.7. The van der Waals surface area contributed by atoms with Crippen molar-refractivity contribution in [3.8, 4) is 5.75 Å². The Kier molecular flexibility index (Phi) is 8.67. The Labute approximate surface area is 161 Å². The molecule has 9 heteroatoms. The molecule has 1 N–H and O–H groups in total. The van der Waals surface area contributed by atoms with Gasteiger partial charge in [0.25, 0.3) is 0 Å². The number of ether oxygens (including phenoxy) is 1. The first-order chi connectivity index (χ1) is 12.3. The van der Waals surface area contributed by atoms with Gasteiger partial charge in [0, 0.05) is 13.1 Å². The van der Waals surface area contributed by atoms with Crippen LogP contribution in [0.3, 0.4) is 0 Å². The first-order valence-corrected chi connectivity index (χ1v) is 9.78. The van der Waals surface area contributed by atoms with Crippen LogP contribution in [0, 0.1) is 0 Å². The van der Waals surface area contributed by atoms with Crippen LogP contribution < -0.4 is 10.1 Å². The fourth-order valence-corrected chi connectivity index (χ4v) is 3.24. The molecule has 144 valence electrons. The second-order valence-corrected chi connectivity index (χ2v) is 6.70. The molecule has 7 nitrogen and oxygen atoms in total. The van der Waals surface area contributed by atoms with Crippen molar-refractivity contribution in [2.45, 2.75) is 45.6 Å². The van der Waals surface area contributed by atoms with Crippen LogP contribution in [0.5, 0.6) is 5.75 Å². The summed E-state index contributed by atoms with van der Waals surface area (Å²) in [6, 6.07) is 4.86. The molecule has 0 saturated heterocycles. The van der Waals surface area contributed by atoms with Gasteiger partial charge in [-0.1, -0.05) is 19.9 Å². The lowest BCUT2D eigenvalue weighted by atomic mass is 9.97. The highest BCUT2D eigenvalue weighted by atomic mass is 32.2. The van der Waals surface area contributed by atoms with E-state index in [1.807, 2.05) is 13.8 Å². The Morgan fingerprint density at radius 3 is 2.42 bits per heavy atom. The maximum Gasteiger partial charge on any atom is 0.316 e. The van der Waals surface area contributed by atoms with Crippen molar-refractivity contribution in [3.63, 3.8) is 0 Å². The molecule has 0 aliphatic heterocycles. The fraction of sp³-hybridized carbons (Fsp3) is 0.529. The summed E-state index contributed by atoms with van der Waals surface area (Å²) in [6.07, 6.45) is 1.55. The zero-order valence-corrected chi connectivity index (χ0v) is 17.3. The van der Waals surface area contributed by atoms with Gasteiger partial charge in [-0.3, -0.25) is 9.69 Å². The Hall–Kier alpha value is -2.00. The van der Waals surface area contributed by atoms with Crippen molar-refractivity contribution >= 4 is 39.4 Å². The van der Waals surface area contributed by atoms with Crippen LogP contribution in [-0.4, -0.2) is 44.5 Å². The lowest BCUT2D eigenvalue weighted by molar-refractivity contribution is -0.130. The molecule has 1 aromatic rings. The number of nitrogens with zero attached hydrogens (tertiary/aromatic N) is 2. The number of rotatable bonds is 7. The predicted octanol–water partition coefficient (Wildman–Crippen LogP) is 3.01. The van der Waals surface area contributed by atoms with Crippen molar-refractivity contribution in [2.24, 2.45) is 4.36 Å². The molecule has 0 fully saturated rings. The molecule has 0 heterocycles. The van der Waals surface area contributed by atoms with E-state index in [2.05, 4.69) is 9.68 Å². The van der Waals surface area contributed by atoms with E-state index in [0.29, 0.717) is 16.4 Å². The fourth-order valence-electron chi connectivity index (χ4n) is 2.70. The molecule has 26 heavy (non-hydrogen) atoms. The molecule has 0 spiro atoms. The number of carbonyl (C=O) groups is 1. The van der Waals surface area contributed by atoms with E-state index in [1.54, 1.807) is 37.1 Å². The average molecular weight is 400 g/mol. The topological polar surface area (TPSA) is 88.1 Å². The lowest BCUT2D eigenvalue weighted by Gasteiger charge is -2.32. The highest BCUT2D eigenvalue weighted by Gasteiger charge is 2.29. The molecule has 0 saturated carbocycles. The molecule has 1 unspecified atom stereocenters. The summed E-state index contributed by atoms with van der Waals surface area (Å²) in [5, 5.41) is 3.24. The summed E-state index contributed by atoms with van der Waals surface area (Å²) in [7, 11) is 0.492. The SMILES string of the molecule is CCC(CC)N(C(=O)C(C)c1ccc(OC)c(N=S(=O)=O)c1)C(=S)NC. The molecule has 1 amide bonds. The first-order valence-electron chi connectivity index (χ1n) is 8.34.